The fourth-order valence-electron chi connectivity index (χ4n) is 2.92. The first-order chi connectivity index (χ1) is 12.9. The number of unbranched alkanes of at least 4 members (excludes halogenated alkanes) is 1. The number of aromatic amines is 1. The van der Waals surface area contributed by atoms with Gasteiger partial charge in [0.2, 0.25) is 5.91 Å². The van der Waals surface area contributed by atoms with Gasteiger partial charge in [0.15, 0.2) is 10.9 Å². The second-order valence-corrected chi connectivity index (χ2v) is 7.23. The first kappa shape index (κ1) is 18.9. The summed E-state index contributed by atoms with van der Waals surface area (Å²) in [4.78, 5) is 42.2. The van der Waals surface area contributed by atoms with E-state index in [1.807, 2.05) is 0 Å². The van der Waals surface area contributed by atoms with E-state index in [0.717, 1.165) is 18.6 Å². The number of aromatic hydroxyl groups is 1. The quantitative estimate of drug-likeness (QED) is 0.227. The second-order valence-electron chi connectivity index (χ2n) is 6.15. The number of aromatic nitrogens is 2. The molecule has 3 rings (SSSR count). The van der Waals surface area contributed by atoms with Crippen LogP contribution in [0.3, 0.4) is 0 Å². The van der Waals surface area contributed by atoms with Crippen molar-refractivity contribution >= 4 is 29.2 Å². The Kier molecular flexibility index (Phi) is 5.45. The number of nitrogens with zero attached hydrogens (tertiary/aromatic N) is 2. The van der Waals surface area contributed by atoms with Gasteiger partial charge in [-0.3, -0.25) is 19.7 Å². The van der Waals surface area contributed by atoms with E-state index in [4.69, 9.17) is 0 Å². The summed E-state index contributed by atoms with van der Waals surface area (Å²) in [6.45, 7) is 2.06. The minimum absolute atomic E-state index is 0.0397. The van der Waals surface area contributed by atoms with Crippen molar-refractivity contribution in [2.24, 2.45) is 0 Å². The highest BCUT2D eigenvalue weighted by molar-refractivity contribution is 7.99. The number of benzene rings is 1. The summed E-state index contributed by atoms with van der Waals surface area (Å²) in [5.74, 6) is -0.516. The number of rotatable bonds is 6. The summed E-state index contributed by atoms with van der Waals surface area (Å²) in [5.41, 5.74) is -0.209. The van der Waals surface area contributed by atoms with Crippen LogP contribution in [0.15, 0.2) is 28.2 Å². The first-order valence-electron chi connectivity index (χ1n) is 8.44. The third-order valence-corrected chi connectivity index (χ3v) is 5.22. The highest BCUT2D eigenvalue weighted by Gasteiger charge is 2.32. The second kappa shape index (κ2) is 7.78. The average Bonchev–Trinajstić information content (AvgIpc) is 2.61. The lowest BCUT2D eigenvalue weighted by Gasteiger charge is -2.24. The van der Waals surface area contributed by atoms with Crippen molar-refractivity contribution in [2.75, 3.05) is 11.1 Å². The highest BCUT2D eigenvalue weighted by Crippen LogP contribution is 2.37. The van der Waals surface area contributed by atoms with Crippen LogP contribution in [0, 0.1) is 10.1 Å². The zero-order valence-corrected chi connectivity index (χ0v) is 15.3. The number of carbonyl (C=O) groups excluding carboxylic acids is 1. The summed E-state index contributed by atoms with van der Waals surface area (Å²) < 4.78 is 0. The van der Waals surface area contributed by atoms with Crippen molar-refractivity contribution in [3.63, 3.8) is 0 Å². The number of anilines is 1. The molecule has 3 N–H and O–H groups in total. The number of thioether (sulfide) groups is 1. The zero-order chi connectivity index (χ0) is 19.6. The Morgan fingerprint density at radius 2 is 2.19 bits per heavy atom. The largest absolute Gasteiger partial charge is 0.502 e. The number of nitro groups is 1. The number of carbonyl (C=O) groups is 1. The number of hydrogen-bond acceptors (Lipinski definition) is 7. The molecule has 0 aliphatic carbocycles. The number of nitrogens with one attached hydrogen (secondary N) is 2. The molecule has 1 aliphatic rings. The van der Waals surface area contributed by atoms with Crippen LogP contribution in [0.25, 0.3) is 0 Å². The molecule has 9 nitrogen and oxygen atoms in total. The number of H-pyrrole nitrogens is 1. The molecule has 1 amide bonds. The van der Waals surface area contributed by atoms with Gasteiger partial charge in [0.25, 0.3) is 5.56 Å². The SMILES string of the molecule is CCCCSc1nc2c(c(=O)[nH]1)C(c1ccc(O)c([N+](=O)[O-])c1)CC(=O)N2. The number of amides is 1. The van der Waals surface area contributed by atoms with E-state index in [9.17, 15) is 24.8 Å². The van der Waals surface area contributed by atoms with E-state index in [2.05, 4.69) is 22.2 Å². The predicted molar refractivity (Wildman–Crippen MR) is 100 cm³/mol. The van der Waals surface area contributed by atoms with Crippen molar-refractivity contribution in [3.8, 4) is 5.75 Å². The van der Waals surface area contributed by atoms with Crippen LogP contribution in [-0.4, -0.2) is 31.7 Å². The van der Waals surface area contributed by atoms with Crippen LogP contribution < -0.4 is 10.9 Å². The molecule has 27 heavy (non-hydrogen) atoms. The molecule has 10 heteroatoms. The van der Waals surface area contributed by atoms with Crippen LogP contribution in [0.4, 0.5) is 11.5 Å². The summed E-state index contributed by atoms with van der Waals surface area (Å²) >= 11 is 1.40. The Morgan fingerprint density at radius 1 is 1.41 bits per heavy atom. The van der Waals surface area contributed by atoms with Gasteiger partial charge in [0.1, 0.15) is 5.82 Å². The summed E-state index contributed by atoms with van der Waals surface area (Å²) in [6.07, 6.45) is 1.94. The van der Waals surface area contributed by atoms with Crippen LogP contribution >= 0.6 is 11.8 Å². The molecule has 0 radical (unpaired) electrons. The van der Waals surface area contributed by atoms with Crippen molar-refractivity contribution in [1.82, 2.24) is 9.97 Å². The van der Waals surface area contributed by atoms with E-state index in [1.54, 1.807) is 0 Å². The Morgan fingerprint density at radius 3 is 2.89 bits per heavy atom. The molecule has 2 aromatic rings. The third-order valence-electron chi connectivity index (χ3n) is 4.26. The van der Waals surface area contributed by atoms with Crippen LogP contribution in [-0.2, 0) is 4.79 Å². The average molecular weight is 390 g/mol. The first-order valence-corrected chi connectivity index (χ1v) is 9.43. The number of phenols is 1. The molecular weight excluding hydrogens is 372 g/mol. The van der Waals surface area contributed by atoms with E-state index in [0.29, 0.717) is 10.7 Å². The molecule has 1 aromatic carbocycles. The zero-order valence-electron chi connectivity index (χ0n) is 14.5. The van der Waals surface area contributed by atoms with Gasteiger partial charge >= 0.3 is 5.69 Å². The van der Waals surface area contributed by atoms with E-state index >= 15 is 0 Å². The van der Waals surface area contributed by atoms with Gasteiger partial charge in [-0.1, -0.05) is 31.2 Å². The summed E-state index contributed by atoms with van der Waals surface area (Å²) in [6, 6.07) is 3.85. The molecule has 0 spiro atoms. The minimum Gasteiger partial charge on any atom is -0.502 e. The van der Waals surface area contributed by atoms with Gasteiger partial charge in [0.05, 0.1) is 10.5 Å². The lowest BCUT2D eigenvalue weighted by Crippen LogP contribution is -2.31. The van der Waals surface area contributed by atoms with Crippen molar-refractivity contribution in [1.29, 1.82) is 0 Å². The van der Waals surface area contributed by atoms with Crippen LogP contribution in [0.2, 0.25) is 0 Å². The predicted octanol–water partition coefficient (Wildman–Crippen LogP) is 2.75. The summed E-state index contributed by atoms with van der Waals surface area (Å²) in [7, 11) is 0. The molecule has 0 bridgehead atoms. The third kappa shape index (κ3) is 3.95. The molecule has 0 saturated carbocycles. The Labute approximate surface area is 158 Å². The molecule has 2 heterocycles. The fraction of sp³-hybridized carbons (Fsp3) is 0.353. The highest BCUT2D eigenvalue weighted by atomic mass is 32.2. The van der Waals surface area contributed by atoms with E-state index in [1.165, 1.54) is 30.0 Å². The van der Waals surface area contributed by atoms with Crippen LogP contribution in [0.5, 0.6) is 5.75 Å². The molecule has 0 saturated heterocycles. The lowest BCUT2D eigenvalue weighted by molar-refractivity contribution is -0.385. The Hall–Kier alpha value is -2.88. The maximum atomic E-state index is 12.7. The van der Waals surface area contributed by atoms with Crippen molar-refractivity contribution < 1.29 is 14.8 Å². The number of fused-ring (bicyclic) bond motifs is 1. The molecule has 0 fully saturated rings. The van der Waals surface area contributed by atoms with Gasteiger partial charge < -0.3 is 15.4 Å². The van der Waals surface area contributed by atoms with Gasteiger partial charge in [-0.25, -0.2) is 4.98 Å². The normalized spacial score (nSPS) is 15.9. The molecule has 1 atom stereocenters. The van der Waals surface area contributed by atoms with Crippen molar-refractivity contribution in [2.45, 2.75) is 37.3 Å². The van der Waals surface area contributed by atoms with Gasteiger partial charge in [-0.05, 0) is 18.1 Å². The van der Waals surface area contributed by atoms with Gasteiger partial charge in [-0.15, -0.1) is 0 Å². The van der Waals surface area contributed by atoms with E-state index < -0.39 is 22.3 Å². The minimum atomic E-state index is -0.710. The number of phenolic OH excluding ortho intramolecular Hbond substituents is 1. The maximum absolute atomic E-state index is 12.7. The van der Waals surface area contributed by atoms with Crippen LogP contribution in [0.1, 0.15) is 43.2 Å². The number of hydrogen-bond donors (Lipinski definition) is 3. The topological polar surface area (TPSA) is 138 Å². The monoisotopic (exact) mass is 390 g/mol. The lowest BCUT2D eigenvalue weighted by atomic mass is 9.86. The molecule has 142 valence electrons. The Balaban J connectivity index is 2.03. The smallest absolute Gasteiger partial charge is 0.310 e. The van der Waals surface area contributed by atoms with Crippen molar-refractivity contribution in [3.05, 3.63) is 49.8 Å². The molecule has 1 aromatic heterocycles. The van der Waals surface area contributed by atoms with E-state index in [-0.39, 0.29) is 29.3 Å². The van der Waals surface area contributed by atoms with Gasteiger partial charge in [0, 0.05) is 24.2 Å². The Bertz CT molecular complexity index is 959. The molecular formula is C17H18N4O5S. The maximum Gasteiger partial charge on any atom is 0.310 e. The summed E-state index contributed by atoms with van der Waals surface area (Å²) in [5, 5.41) is 23.8. The standard InChI is InChI=1S/C17H18N4O5S/c1-2-3-6-27-17-19-15-14(16(24)20-17)10(8-13(23)18-15)9-4-5-12(22)11(7-9)21(25)26/h4-5,7,10,22H,2-3,6,8H2,1H3,(H2,18,19,20,23,24). The molecule has 1 unspecified atom stereocenters. The molecule has 1 aliphatic heterocycles. The van der Waals surface area contributed by atoms with Gasteiger partial charge in [-0.2, -0.15) is 0 Å². The number of nitro benzene ring substituents is 1. The fourth-order valence-corrected chi connectivity index (χ4v) is 3.87.